The molecule has 0 atom stereocenters. The van der Waals surface area contributed by atoms with E-state index < -0.39 is 0 Å². The SMILES string of the molecule is Cc1ncc(-c2nnc(C3CCN(C(=O)Cc4ccccc4)CC3)o2)cn1. The van der Waals surface area contributed by atoms with Gasteiger partial charge < -0.3 is 9.32 Å². The van der Waals surface area contributed by atoms with Gasteiger partial charge in [-0.2, -0.15) is 0 Å². The van der Waals surface area contributed by atoms with Gasteiger partial charge >= 0.3 is 0 Å². The number of amides is 1. The minimum absolute atomic E-state index is 0.169. The van der Waals surface area contributed by atoms with Crippen LogP contribution in [-0.4, -0.2) is 44.1 Å². The Bertz CT molecular complexity index is 900. The summed E-state index contributed by atoms with van der Waals surface area (Å²) in [6, 6.07) is 9.85. The summed E-state index contributed by atoms with van der Waals surface area (Å²) in [5.74, 6) is 2.11. The third kappa shape index (κ3) is 4.02. The fourth-order valence-electron chi connectivity index (χ4n) is 3.28. The molecule has 27 heavy (non-hydrogen) atoms. The van der Waals surface area contributed by atoms with E-state index in [-0.39, 0.29) is 11.8 Å². The molecule has 0 N–H and O–H groups in total. The van der Waals surface area contributed by atoms with E-state index in [0.717, 1.165) is 24.0 Å². The standard InChI is InChI=1S/C20H21N5O2/c1-14-21-12-17(13-22-14)20-24-23-19(27-20)16-7-9-25(10-8-16)18(26)11-15-5-3-2-4-6-15/h2-6,12-13,16H,7-11H2,1H3. The molecule has 0 saturated carbocycles. The average molecular weight is 363 g/mol. The second kappa shape index (κ2) is 7.65. The number of rotatable bonds is 4. The van der Waals surface area contributed by atoms with Crippen molar-refractivity contribution >= 4 is 5.91 Å². The van der Waals surface area contributed by atoms with Crippen LogP contribution in [0.3, 0.4) is 0 Å². The number of carbonyl (C=O) groups is 1. The first-order valence-corrected chi connectivity index (χ1v) is 9.13. The summed E-state index contributed by atoms with van der Waals surface area (Å²) in [5.41, 5.74) is 1.77. The van der Waals surface area contributed by atoms with Gasteiger partial charge in [-0.05, 0) is 25.3 Å². The average Bonchev–Trinajstić information content (AvgIpc) is 3.20. The molecule has 4 rings (SSSR count). The number of nitrogens with zero attached hydrogens (tertiary/aromatic N) is 5. The Morgan fingerprint density at radius 1 is 1.11 bits per heavy atom. The van der Waals surface area contributed by atoms with Crippen molar-refractivity contribution in [3.8, 4) is 11.5 Å². The number of piperidine rings is 1. The number of hydrogen-bond donors (Lipinski definition) is 0. The fraction of sp³-hybridized carbons (Fsp3) is 0.350. The van der Waals surface area contributed by atoms with Gasteiger partial charge in [0.05, 0.1) is 12.0 Å². The van der Waals surface area contributed by atoms with Gasteiger partial charge in [-0.25, -0.2) is 9.97 Å². The third-order valence-corrected chi connectivity index (χ3v) is 4.86. The van der Waals surface area contributed by atoms with Crippen LogP contribution in [0.5, 0.6) is 0 Å². The molecule has 0 spiro atoms. The summed E-state index contributed by atoms with van der Waals surface area (Å²) in [6.07, 6.45) is 5.47. The van der Waals surface area contributed by atoms with Crippen molar-refractivity contribution in [2.45, 2.75) is 32.1 Å². The first-order valence-electron chi connectivity index (χ1n) is 9.13. The second-order valence-corrected chi connectivity index (χ2v) is 6.78. The molecule has 1 amide bonds. The zero-order chi connectivity index (χ0) is 18.6. The van der Waals surface area contributed by atoms with Crippen molar-refractivity contribution in [1.29, 1.82) is 0 Å². The Labute approximate surface area is 157 Å². The molecule has 1 aliphatic rings. The maximum atomic E-state index is 12.5. The van der Waals surface area contributed by atoms with Crippen molar-refractivity contribution in [1.82, 2.24) is 25.1 Å². The normalized spacial score (nSPS) is 15.1. The molecule has 138 valence electrons. The van der Waals surface area contributed by atoms with Gasteiger partial charge in [-0.1, -0.05) is 30.3 Å². The van der Waals surface area contributed by atoms with E-state index in [1.165, 1.54) is 0 Å². The monoisotopic (exact) mass is 363 g/mol. The number of aryl methyl sites for hydroxylation is 1. The number of carbonyl (C=O) groups excluding carboxylic acids is 1. The van der Waals surface area contributed by atoms with Gasteiger partial charge in [-0.3, -0.25) is 4.79 Å². The van der Waals surface area contributed by atoms with E-state index in [2.05, 4.69) is 20.2 Å². The summed E-state index contributed by atoms with van der Waals surface area (Å²) in [5, 5.41) is 8.32. The molecule has 2 aromatic heterocycles. The molecule has 7 heteroatoms. The van der Waals surface area contributed by atoms with Gasteiger partial charge in [0, 0.05) is 31.4 Å². The molecule has 0 unspecified atom stereocenters. The van der Waals surface area contributed by atoms with Crippen LogP contribution in [0, 0.1) is 6.92 Å². The third-order valence-electron chi connectivity index (χ3n) is 4.86. The second-order valence-electron chi connectivity index (χ2n) is 6.78. The predicted octanol–water partition coefficient (Wildman–Crippen LogP) is 2.78. The summed E-state index contributed by atoms with van der Waals surface area (Å²) >= 11 is 0. The molecular formula is C20H21N5O2. The lowest BCUT2D eigenvalue weighted by Gasteiger charge is -2.30. The molecule has 3 heterocycles. The lowest BCUT2D eigenvalue weighted by Crippen LogP contribution is -2.38. The van der Waals surface area contributed by atoms with Crippen molar-refractivity contribution in [3.63, 3.8) is 0 Å². The van der Waals surface area contributed by atoms with Crippen LogP contribution in [-0.2, 0) is 11.2 Å². The zero-order valence-electron chi connectivity index (χ0n) is 15.2. The maximum Gasteiger partial charge on any atom is 0.250 e. The fourth-order valence-corrected chi connectivity index (χ4v) is 3.28. The Hall–Kier alpha value is -3.09. The lowest BCUT2D eigenvalue weighted by molar-refractivity contribution is -0.131. The van der Waals surface area contributed by atoms with E-state index in [9.17, 15) is 4.79 Å². The smallest absolute Gasteiger partial charge is 0.250 e. The Morgan fingerprint density at radius 2 is 1.81 bits per heavy atom. The van der Waals surface area contributed by atoms with Crippen LogP contribution in [0.1, 0.15) is 36.0 Å². The Kier molecular flexibility index (Phi) is 4.91. The highest BCUT2D eigenvalue weighted by Gasteiger charge is 2.27. The minimum Gasteiger partial charge on any atom is -0.420 e. The number of hydrogen-bond acceptors (Lipinski definition) is 6. The molecule has 0 bridgehead atoms. The van der Waals surface area contributed by atoms with Gasteiger partial charge in [0.15, 0.2) is 0 Å². The van der Waals surface area contributed by atoms with Crippen molar-refractivity contribution < 1.29 is 9.21 Å². The molecular weight excluding hydrogens is 342 g/mol. The van der Waals surface area contributed by atoms with Gasteiger partial charge in [0.25, 0.3) is 5.89 Å². The van der Waals surface area contributed by atoms with Crippen molar-refractivity contribution in [3.05, 3.63) is 60.0 Å². The van der Waals surface area contributed by atoms with Crippen molar-refractivity contribution in [2.24, 2.45) is 0 Å². The summed E-state index contributed by atoms with van der Waals surface area (Å²) in [4.78, 5) is 22.7. The van der Waals surface area contributed by atoms with E-state index in [1.807, 2.05) is 42.2 Å². The molecule has 7 nitrogen and oxygen atoms in total. The highest BCUT2D eigenvalue weighted by molar-refractivity contribution is 5.78. The van der Waals surface area contributed by atoms with E-state index >= 15 is 0 Å². The van der Waals surface area contributed by atoms with Crippen LogP contribution in [0.4, 0.5) is 0 Å². The first kappa shape index (κ1) is 17.3. The van der Waals surface area contributed by atoms with E-state index in [0.29, 0.717) is 37.1 Å². The quantitative estimate of drug-likeness (QED) is 0.709. The highest BCUT2D eigenvalue weighted by Crippen LogP contribution is 2.29. The van der Waals surface area contributed by atoms with Crippen LogP contribution in [0.25, 0.3) is 11.5 Å². The summed E-state index contributed by atoms with van der Waals surface area (Å²) in [6.45, 7) is 3.25. The largest absolute Gasteiger partial charge is 0.420 e. The maximum absolute atomic E-state index is 12.5. The zero-order valence-corrected chi connectivity index (χ0v) is 15.2. The van der Waals surface area contributed by atoms with Crippen LogP contribution < -0.4 is 0 Å². The van der Waals surface area contributed by atoms with E-state index in [4.69, 9.17) is 4.42 Å². The van der Waals surface area contributed by atoms with Crippen LogP contribution in [0.15, 0.2) is 47.1 Å². The number of likely N-dealkylation sites (tertiary alicyclic amines) is 1. The van der Waals surface area contributed by atoms with Gasteiger partial charge in [0.1, 0.15) is 5.82 Å². The highest BCUT2D eigenvalue weighted by atomic mass is 16.4. The summed E-state index contributed by atoms with van der Waals surface area (Å²) in [7, 11) is 0. The summed E-state index contributed by atoms with van der Waals surface area (Å²) < 4.78 is 5.83. The minimum atomic E-state index is 0.169. The van der Waals surface area contributed by atoms with E-state index in [1.54, 1.807) is 12.4 Å². The Balaban J connectivity index is 1.35. The lowest BCUT2D eigenvalue weighted by atomic mass is 9.96. The first-order chi connectivity index (χ1) is 13.2. The van der Waals surface area contributed by atoms with Crippen LogP contribution in [0.2, 0.25) is 0 Å². The van der Waals surface area contributed by atoms with Gasteiger partial charge in [-0.15, -0.1) is 10.2 Å². The molecule has 1 aromatic carbocycles. The van der Waals surface area contributed by atoms with Crippen molar-refractivity contribution in [2.75, 3.05) is 13.1 Å². The topological polar surface area (TPSA) is 85.0 Å². The molecule has 1 saturated heterocycles. The predicted molar refractivity (Wildman–Crippen MR) is 98.8 cm³/mol. The molecule has 3 aromatic rings. The molecule has 0 radical (unpaired) electrons. The Morgan fingerprint density at radius 3 is 2.52 bits per heavy atom. The van der Waals surface area contributed by atoms with Crippen LogP contribution >= 0.6 is 0 Å². The number of benzene rings is 1. The molecule has 0 aliphatic carbocycles. The molecule has 1 fully saturated rings. The van der Waals surface area contributed by atoms with Gasteiger partial charge in [0.2, 0.25) is 11.8 Å². The number of aromatic nitrogens is 4. The molecule has 1 aliphatic heterocycles.